The lowest BCUT2D eigenvalue weighted by Crippen LogP contribution is -2.66. The summed E-state index contributed by atoms with van der Waals surface area (Å²) in [6, 6.07) is 4.12. The zero-order valence-corrected chi connectivity index (χ0v) is 65.3. The van der Waals surface area contributed by atoms with Gasteiger partial charge in [-0.3, -0.25) is 23.7 Å². The Labute approximate surface area is 683 Å². The third-order valence-corrected chi connectivity index (χ3v) is 23.4. The highest BCUT2D eigenvalue weighted by Gasteiger charge is 2.57. The van der Waals surface area contributed by atoms with Gasteiger partial charge in [-0.2, -0.15) is 11.8 Å². The highest BCUT2D eigenvalue weighted by molar-refractivity contribution is 8.00. The summed E-state index contributed by atoms with van der Waals surface area (Å²) in [5.74, 6) is -0.783. The van der Waals surface area contributed by atoms with Gasteiger partial charge in [-0.05, 0) is 63.1 Å². The van der Waals surface area contributed by atoms with Crippen molar-refractivity contribution in [3.05, 3.63) is 53.1 Å². The molecule has 8 fully saturated rings. The Morgan fingerprint density at radius 1 is 0.437 bits per heavy atom. The molecule has 672 valence electrons. The molecule has 0 bridgehead atoms. The van der Waals surface area contributed by atoms with E-state index in [2.05, 4.69) is 47.2 Å². The number of carbonyl (C=O) groups is 4. The first kappa shape index (κ1) is 93.9. The zero-order valence-electron chi connectivity index (χ0n) is 64.5. The predicted molar refractivity (Wildman–Crippen MR) is 394 cm³/mol. The van der Waals surface area contributed by atoms with Crippen molar-refractivity contribution in [1.82, 2.24) is 51.3 Å². The number of carbonyl (C=O) groups excluding carboxylic acids is 4. The first-order valence-corrected chi connectivity index (χ1v) is 40.6. The fourth-order valence-corrected chi connectivity index (χ4v) is 16.6. The summed E-state index contributed by atoms with van der Waals surface area (Å²) < 4.78 is 70.7. The standard InChI is InChI=1S/C71H111N11O36S/c83-23-36-45(90)47(92)53(98)67(109-36)115-61-40(27-87)113-69(57(102)51(61)96)117-59-38(25-85)111-65(55(100)49(59)94)107-14-8-2-1-6-12-81-21-33(77-79-81)19-72-63(104)30-16-31(18-32(17-30)74-43(89)11-5-4-10-42-44-35(29-119-42)75-71(106)76-44)64(105)73-20-34-22-82(80-78-34)13-7-3-9-15-108-66-56(101)50(95)60(39(26-86)112-66)118-70-58(103)52(97)62(41(28-88)114-70)116-68-54(99)48(93)46(91)37(24-84)110-68/h16-18,21-22,35-42,44-62,65-70,83-88,90-103H,1-15,19-20,23-29H2,(H,72,104)(H,73,105)(H,74,89)(H2,75,76,106)/t35-,36-,37-,38-,39-,40-,41-,42-,44-,45+,46+,47+,48+,49-,50-,51-,52-,53-,54-,55-,56-,57-,58-,59-,60-,61+,62+,65-,66-,67-,68-,69+,70+/m1/s1. The molecule has 5 amide bonds. The average Bonchev–Trinajstić information content (AvgIpc) is 1.26. The molecule has 47 nitrogen and oxygen atoms in total. The minimum Gasteiger partial charge on any atom is -0.394 e. The molecular formula is C71H111N11O36S. The molecule has 8 aliphatic rings. The van der Waals surface area contributed by atoms with Gasteiger partial charge in [0.1, 0.15) is 158 Å². The third kappa shape index (κ3) is 23.4. The number of hydrogen-bond donors (Lipinski definition) is 25. The Kier molecular flexibility index (Phi) is 34.9. The Hall–Kier alpha value is -5.75. The van der Waals surface area contributed by atoms with Gasteiger partial charge >= 0.3 is 6.03 Å². The molecule has 3 aromatic rings. The monoisotopic (exact) mass is 1730 g/mol. The summed E-state index contributed by atoms with van der Waals surface area (Å²) in [7, 11) is 0. The first-order valence-electron chi connectivity index (χ1n) is 39.6. The number of nitrogens with zero attached hydrogens (tertiary/aromatic N) is 6. The molecule has 48 heteroatoms. The molecule has 1 aromatic carbocycles. The average molecular weight is 1730 g/mol. The van der Waals surface area contributed by atoms with Crippen molar-refractivity contribution in [2.45, 2.75) is 298 Å². The highest BCUT2D eigenvalue weighted by Crippen LogP contribution is 2.38. The van der Waals surface area contributed by atoms with Crippen LogP contribution in [-0.2, 0) is 87.8 Å². The molecule has 0 unspecified atom stereocenters. The van der Waals surface area contributed by atoms with Crippen molar-refractivity contribution in [2.75, 3.05) is 63.9 Å². The number of urea groups is 1. The summed E-state index contributed by atoms with van der Waals surface area (Å²) in [4.78, 5) is 53.2. The summed E-state index contributed by atoms with van der Waals surface area (Å²) in [6.45, 7) is -4.24. The number of ether oxygens (including phenoxy) is 12. The highest BCUT2D eigenvalue weighted by atomic mass is 32.2. The number of amides is 5. The van der Waals surface area contributed by atoms with Gasteiger partial charge in [-0.25, -0.2) is 4.79 Å². The topological polar surface area (TPSA) is 705 Å². The van der Waals surface area contributed by atoms with Crippen LogP contribution in [0.15, 0.2) is 30.6 Å². The fraction of sp³-hybridized carbons (Fsp3) is 0.803. The van der Waals surface area contributed by atoms with Crippen LogP contribution in [0.1, 0.15) is 103 Å². The van der Waals surface area contributed by atoms with Crippen molar-refractivity contribution in [1.29, 1.82) is 0 Å². The molecule has 2 aromatic heterocycles. The van der Waals surface area contributed by atoms with Crippen LogP contribution in [0.25, 0.3) is 0 Å². The van der Waals surface area contributed by atoms with E-state index in [4.69, 9.17) is 56.8 Å². The van der Waals surface area contributed by atoms with Crippen LogP contribution in [0.3, 0.4) is 0 Å². The molecular weight excluding hydrogens is 1610 g/mol. The van der Waals surface area contributed by atoms with E-state index in [-0.39, 0.29) is 78.8 Å². The molecule has 25 N–H and O–H groups in total. The Balaban J connectivity index is 0.598. The van der Waals surface area contributed by atoms with E-state index in [1.54, 1.807) is 33.5 Å². The third-order valence-electron chi connectivity index (χ3n) is 21.9. The number of fused-ring (bicyclic) bond motifs is 1. The maximum Gasteiger partial charge on any atom is 0.315 e. The van der Waals surface area contributed by atoms with Crippen LogP contribution in [0.4, 0.5) is 10.5 Å². The van der Waals surface area contributed by atoms with Crippen molar-refractivity contribution in [3.8, 4) is 0 Å². The molecule has 8 saturated heterocycles. The van der Waals surface area contributed by atoms with Crippen LogP contribution in [0.2, 0.25) is 0 Å². The van der Waals surface area contributed by atoms with Crippen LogP contribution in [0, 0.1) is 0 Å². The van der Waals surface area contributed by atoms with Crippen molar-refractivity contribution >= 4 is 41.2 Å². The van der Waals surface area contributed by atoms with Gasteiger partial charge in [0.05, 0.1) is 77.2 Å². The maximum absolute atomic E-state index is 13.9. The Morgan fingerprint density at radius 3 is 1.22 bits per heavy atom. The van der Waals surface area contributed by atoms with Gasteiger partial charge < -0.3 is 186 Å². The number of hydrogen-bond acceptors (Lipinski definition) is 41. The van der Waals surface area contributed by atoms with Gasteiger partial charge in [0.2, 0.25) is 5.91 Å². The summed E-state index contributed by atoms with van der Waals surface area (Å²) in [5, 5.41) is 241. The summed E-state index contributed by atoms with van der Waals surface area (Å²) in [5.41, 5.74) is 1.02. The smallest absolute Gasteiger partial charge is 0.315 e. The second kappa shape index (κ2) is 44.2. The Bertz CT molecular complexity index is 3660. The number of anilines is 1. The lowest BCUT2D eigenvalue weighted by Gasteiger charge is -2.48. The van der Waals surface area contributed by atoms with Crippen molar-refractivity contribution < 1.29 is 178 Å². The molecule has 0 spiro atoms. The maximum atomic E-state index is 13.9. The number of aryl methyl sites for hydroxylation is 2. The largest absolute Gasteiger partial charge is 0.394 e. The number of aromatic nitrogens is 6. The van der Waals surface area contributed by atoms with Gasteiger partial charge in [-0.15, -0.1) is 10.2 Å². The molecule has 0 saturated carbocycles. The van der Waals surface area contributed by atoms with E-state index >= 15 is 0 Å². The van der Waals surface area contributed by atoms with Gasteiger partial charge in [0, 0.05) is 60.5 Å². The molecule has 33 atom stereocenters. The number of rotatable bonds is 41. The van der Waals surface area contributed by atoms with Crippen molar-refractivity contribution in [2.24, 2.45) is 0 Å². The number of unbranched alkanes of at least 4 members (excludes halogenated alkanes) is 6. The predicted octanol–water partition coefficient (Wildman–Crippen LogP) is -10.9. The number of aliphatic hydroxyl groups excluding tert-OH is 20. The number of thioether (sulfide) groups is 1. The summed E-state index contributed by atoms with van der Waals surface area (Å²) in [6.07, 6.45) is -41.9. The molecule has 11 rings (SSSR count). The fourth-order valence-electron chi connectivity index (χ4n) is 15.1. The zero-order chi connectivity index (χ0) is 85.5. The van der Waals surface area contributed by atoms with E-state index in [1.807, 2.05) is 0 Å². The van der Waals surface area contributed by atoms with Crippen LogP contribution in [0.5, 0.6) is 0 Å². The number of nitrogens with one attached hydrogen (secondary N) is 5. The van der Waals surface area contributed by atoms with E-state index < -0.39 is 236 Å². The number of benzene rings is 1. The van der Waals surface area contributed by atoms with Crippen LogP contribution >= 0.6 is 11.8 Å². The SMILES string of the molecule is O=C(CCCC[C@H]1SC[C@H]2NC(=O)N[C@H]21)Nc1cc(C(=O)NCc2cn(CCCCCCO[C@@H]3O[C@H](CO)[C@@H](O[C@@H]4O[C@H](CO)[C@H](O[C@H]5O[C@H](CO)[C@H](O)[C@H](O)[C@H]5O)[C@H](O)[C@H]4O)[C@H](O)[C@H]3O)nn2)cc(C(=O)NCc2cn(CCCCCO[C@@H]3O[C@H](CO)[C@@H](O[C@@H]4O[C@H](CO)[C@H](O[C@H]5O[C@H](CO)[C@H](O)[C@H](O)[C@H]5O)[C@H](O)[C@H]4O)[C@H](O)[C@H]3O)nn2)c1. The lowest BCUT2D eigenvalue weighted by molar-refractivity contribution is -0.379. The second-order valence-electron chi connectivity index (χ2n) is 30.4. The van der Waals surface area contributed by atoms with E-state index in [9.17, 15) is 121 Å². The Morgan fingerprint density at radius 2 is 0.807 bits per heavy atom. The van der Waals surface area contributed by atoms with E-state index in [0.29, 0.717) is 82.3 Å². The molecule has 119 heavy (non-hydrogen) atoms. The number of aliphatic hydroxyl groups is 20. The van der Waals surface area contributed by atoms with Gasteiger partial charge in [0.15, 0.2) is 37.7 Å². The minimum atomic E-state index is -2.00. The van der Waals surface area contributed by atoms with Gasteiger partial charge in [0.25, 0.3) is 11.8 Å². The normalized spacial score (nSPS) is 37.9. The molecule has 0 aliphatic carbocycles. The quantitative estimate of drug-likeness (QED) is 0.0185. The van der Waals surface area contributed by atoms with Gasteiger partial charge in [-0.1, -0.05) is 29.7 Å². The first-order chi connectivity index (χ1) is 57.1. The lowest BCUT2D eigenvalue weighted by atomic mass is 9.96. The second-order valence-corrected chi connectivity index (χ2v) is 31.6. The van der Waals surface area contributed by atoms with Crippen LogP contribution in [-0.4, -0.2) is 416 Å². The van der Waals surface area contributed by atoms with E-state index in [0.717, 1.165) is 12.2 Å². The molecule has 8 aliphatic heterocycles. The van der Waals surface area contributed by atoms with Crippen molar-refractivity contribution in [3.63, 3.8) is 0 Å². The summed E-state index contributed by atoms with van der Waals surface area (Å²) >= 11 is 1.77. The van der Waals surface area contributed by atoms with E-state index in [1.165, 1.54) is 18.2 Å². The van der Waals surface area contributed by atoms with Crippen LogP contribution < -0.4 is 26.6 Å². The molecule has 10 heterocycles. The minimum absolute atomic E-state index is 0.00715. The molecule has 0 radical (unpaired) electrons.